The molecule has 0 saturated heterocycles. The number of carboxylic acid groups (broad SMARTS) is 1. The number of carboxylic acids is 1. The minimum atomic E-state index is -1.63. The lowest BCUT2D eigenvalue weighted by Gasteiger charge is -2.27. The van der Waals surface area contributed by atoms with Crippen molar-refractivity contribution < 1.29 is 53.7 Å². The Morgan fingerprint density at radius 1 is 0.525 bits per heavy atom. The number of nitrogens with one attached hydrogen (secondary N) is 7. The Bertz CT molecular complexity index is 1470. The van der Waals surface area contributed by atoms with Gasteiger partial charge in [-0.1, -0.05) is 27.7 Å². The predicted octanol–water partition coefficient (Wildman–Crippen LogP) is -6.76. The summed E-state index contributed by atoms with van der Waals surface area (Å²) in [7, 11) is 0. The molecule has 20 N–H and O–H groups in total. The van der Waals surface area contributed by atoms with Crippen LogP contribution in [0.25, 0.3) is 0 Å². The van der Waals surface area contributed by atoms with Crippen molar-refractivity contribution >= 4 is 59.2 Å². The van der Waals surface area contributed by atoms with E-state index in [9.17, 15) is 53.7 Å². The number of carbonyl (C=O) groups is 8. The van der Waals surface area contributed by atoms with Gasteiger partial charge in [-0.25, -0.2) is 4.79 Å². The highest BCUT2D eigenvalue weighted by molar-refractivity contribution is 5.97. The number of aliphatic carboxylic acids is 1. The van der Waals surface area contributed by atoms with Gasteiger partial charge >= 0.3 is 5.97 Å². The number of hydrogen-bond donors (Lipinski definition) is 15. The molecule has 6 atom stereocenters. The van der Waals surface area contributed by atoms with Gasteiger partial charge in [0.25, 0.3) is 0 Å². The molecule has 25 nitrogen and oxygen atoms in total. The van der Waals surface area contributed by atoms with Crippen LogP contribution in [-0.4, -0.2) is 150 Å². The molecular formula is C34H64N14O11. The third-order valence-electron chi connectivity index (χ3n) is 8.10. The highest BCUT2D eigenvalue weighted by atomic mass is 16.4. The minimum absolute atomic E-state index is 0.00322. The number of guanidine groups is 2. The summed E-state index contributed by atoms with van der Waals surface area (Å²) in [6.07, 6.45) is 0.563. The molecule has 0 rings (SSSR count). The number of carbonyl (C=O) groups excluding carboxylic acids is 7. The molecule has 59 heavy (non-hydrogen) atoms. The van der Waals surface area contributed by atoms with Crippen LogP contribution in [0.15, 0.2) is 9.98 Å². The molecule has 0 heterocycles. The van der Waals surface area contributed by atoms with Crippen molar-refractivity contribution in [2.45, 2.75) is 102 Å². The van der Waals surface area contributed by atoms with E-state index in [0.717, 1.165) is 0 Å². The van der Waals surface area contributed by atoms with Crippen LogP contribution in [0.1, 0.15) is 66.2 Å². The largest absolute Gasteiger partial charge is 0.480 e. The molecule has 0 bridgehead atoms. The van der Waals surface area contributed by atoms with Crippen LogP contribution in [0.3, 0.4) is 0 Å². The van der Waals surface area contributed by atoms with Crippen LogP contribution in [-0.2, 0) is 38.4 Å². The Morgan fingerprint density at radius 3 is 1.29 bits per heavy atom. The van der Waals surface area contributed by atoms with Gasteiger partial charge in [0.1, 0.15) is 36.3 Å². The number of amides is 7. The first-order valence-electron chi connectivity index (χ1n) is 19.0. The molecule has 0 aromatic rings. The Morgan fingerprint density at radius 2 is 0.898 bits per heavy atom. The summed E-state index contributed by atoms with van der Waals surface area (Å²) < 4.78 is 0. The van der Waals surface area contributed by atoms with Crippen molar-refractivity contribution in [3.63, 3.8) is 0 Å². The molecule has 0 saturated carbocycles. The molecule has 0 aliphatic heterocycles. The van der Waals surface area contributed by atoms with Gasteiger partial charge in [0, 0.05) is 13.1 Å². The number of aliphatic hydroxyl groups is 2. The van der Waals surface area contributed by atoms with E-state index in [1.54, 1.807) is 27.7 Å². The second-order valence-electron chi connectivity index (χ2n) is 14.3. The zero-order valence-electron chi connectivity index (χ0n) is 34.0. The second kappa shape index (κ2) is 28.6. The van der Waals surface area contributed by atoms with Gasteiger partial charge in [0.15, 0.2) is 11.9 Å². The van der Waals surface area contributed by atoms with E-state index in [-0.39, 0.29) is 68.9 Å². The minimum Gasteiger partial charge on any atom is -0.480 e. The lowest BCUT2D eigenvalue weighted by molar-refractivity contribution is -0.143. The fourth-order valence-corrected chi connectivity index (χ4v) is 5.21. The average molecular weight is 845 g/mol. The van der Waals surface area contributed by atoms with Gasteiger partial charge in [0.05, 0.1) is 26.3 Å². The van der Waals surface area contributed by atoms with Gasteiger partial charge in [-0.2, -0.15) is 0 Å². The lowest BCUT2D eigenvalue weighted by Crippen LogP contribution is -2.60. The Balaban J connectivity index is 5.74. The topological polar surface area (TPSA) is 436 Å². The van der Waals surface area contributed by atoms with Crippen molar-refractivity contribution in [3.8, 4) is 0 Å². The third-order valence-corrected chi connectivity index (χ3v) is 8.10. The standard InChI is InChI=1S/C34H64N14O11/c1-17(2)11-21(44-26(52)14-42-27(53)19(43-25(51)13-35)7-5-9-40-33(36)37)28(54)47-24(16-50)31(57)46-22(12-18(3)4)29(55)48-23(15-49)30(56)45-20(32(58)59)8-6-10-41-34(38)39/h17-24,49-50H,5-16,35H2,1-4H3,(H,42,53)(H,43,51)(H,44,52)(H,45,56)(H,46,57)(H,47,54)(H,48,55)(H,58,59)(H4,36,37,40)(H4,38,39,41)/t19-,20-,21-,22-,23-,24-/m0/s1. The molecule has 0 fully saturated rings. The first-order valence-corrected chi connectivity index (χ1v) is 19.0. The van der Waals surface area contributed by atoms with Crippen LogP contribution < -0.4 is 65.9 Å². The summed E-state index contributed by atoms with van der Waals surface area (Å²) in [6.45, 7) is 4.33. The van der Waals surface area contributed by atoms with Crippen LogP contribution in [0.4, 0.5) is 0 Å². The number of aliphatic imine (C=N–C) groups is 2. The Kier molecular flexibility index (Phi) is 25.7. The summed E-state index contributed by atoms with van der Waals surface area (Å²) >= 11 is 0. The number of rotatable bonds is 29. The summed E-state index contributed by atoms with van der Waals surface area (Å²) in [5.41, 5.74) is 26.5. The van der Waals surface area contributed by atoms with E-state index in [0.29, 0.717) is 6.42 Å². The second-order valence-corrected chi connectivity index (χ2v) is 14.3. The van der Waals surface area contributed by atoms with Crippen LogP contribution in [0.5, 0.6) is 0 Å². The Hall–Kier alpha value is -5.82. The van der Waals surface area contributed by atoms with Gasteiger partial charge in [0.2, 0.25) is 41.4 Å². The molecule has 0 spiro atoms. The van der Waals surface area contributed by atoms with Crippen LogP contribution >= 0.6 is 0 Å². The maximum absolute atomic E-state index is 13.4. The molecule has 25 heteroatoms. The summed E-state index contributed by atoms with van der Waals surface area (Å²) in [5.74, 6) is -8.13. The number of nitrogens with zero attached hydrogens (tertiary/aromatic N) is 2. The highest BCUT2D eigenvalue weighted by Gasteiger charge is 2.33. The van der Waals surface area contributed by atoms with Crippen molar-refractivity contribution in [3.05, 3.63) is 0 Å². The molecule has 0 aromatic carbocycles. The maximum atomic E-state index is 13.4. The molecule has 7 amide bonds. The van der Waals surface area contributed by atoms with E-state index in [4.69, 9.17) is 28.7 Å². The van der Waals surface area contributed by atoms with Crippen molar-refractivity contribution in [2.24, 2.45) is 50.5 Å². The summed E-state index contributed by atoms with van der Waals surface area (Å²) in [4.78, 5) is 110. The number of nitrogens with two attached hydrogens (primary N) is 5. The van der Waals surface area contributed by atoms with E-state index in [2.05, 4.69) is 47.2 Å². The zero-order chi connectivity index (χ0) is 45.2. The first-order chi connectivity index (χ1) is 27.6. The summed E-state index contributed by atoms with van der Waals surface area (Å²) in [6, 6.07) is -8.36. The molecule has 0 aromatic heterocycles. The molecular weight excluding hydrogens is 780 g/mol. The molecule has 0 aliphatic rings. The van der Waals surface area contributed by atoms with E-state index in [1.165, 1.54) is 0 Å². The quantitative estimate of drug-likeness (QED) is 0.0189. The average Bonchev–Trinajstić information content (AvgIpc) is 3.15. The molecule has 0 aliphatic carbocycles. The van der Waals surface area contributed by atoms with Gasteiger partial charge in [-0.15, -0.1) is 0 Å². The SMILES string of the molecule is CC(C)C[C@H](NC(=O)CNC(=O)[C@H](CCCN=C(N)N)NC(=O)CN)C(=O)N[C@@H](CO)C(=O)N[C@@H](CC(C)C)C(=O)N[C@@H](CO)C(=O)N[C@@H](CCCN=C(N)N)C(=O)O. The third kappa shape index (κ3) is 23.2. The van der Waals surface area contributed by atoms with Crippen molar-refractivity contribution in [1.29, 1.82) is 0 Å². The lowest BCUT2D eigenvalue weighted by atomic mass is 10.0. The fraction of sp³-hybridized carbons (Fsp3) is 0.706. The Labute approximate surface area is 342 Å². The predicted molar refractivity (Wildman–Crippen MR) is 214 cm³/mol. The van der Waals surface area contributed by atoms with Gasteiger partial charge in [-0.05, 0) is 50.4 Å². The molecule has 0 unspecified atom stereocenters. The maximum Gasteiger partial charge on any atom is 0.326 e. The van der Waals surface area contributed by atoms with E-state index in [1.807, 2.05) is 0 Å². The highest BCUT2D eigenvalue weighted by Crippen LogP contribution is 2.09. The first kappa shape index (κ1) is 53.2. The van der Waals surface area contributed by atoms with E-state index < -0.39 is 110 Å². The van der Waals surface area contributed by atoms with Crippen molar-refractivity contribution in [1.82, 2.24) is 37.2 Å². The summed E-state index contributed by atoms with van der Waals surface area (Å²) in [5, 5.41) is 46.1. The van der Waals surface area contributed by atoms with Crippen molar-refractivity contribution in [2.75, 3.05) is 39.4 Å². The smallest absolute Gasteiger partial charge is 0.326 e. The monoisotopic (exact) mass is 844 g/mol. The van der Waals surface area contributed by atoms with Crippen LogP contribution in [0, 0.1) is 11.8 Å². The molecule has 0 radical (unpaired) electrons. The fourth-order valence-electron chi connectivity index (χ4n) is 5.21. The van der Waals surface area contributed by atoms with Gasteiger partial charge in [-0.3, -0.25) is 43.5 Å². The van der Waals surface area contributed by atoms with Crippen LogP contribution in [0.2, 0.25) is 0 Å². The van der Waals surface area contributed by atoms with Gasteiger partial charge < -0.3 is 81.2 Å². The normalized spacial score (nSPS) is 13.9. The van der Waals surface area contributed by atoms with E-state index >= 15 is 0 Å². The zero-order valence-corrected chi connectivity index (χ0v) is 34.0. The number of aliphatic hydroxyl groups excluding tert-OH is 2. The molecule has 336 valence electrons. The number of hydrogen-bond acceptors (Lipinski definition) is 13.